The summed E-state index contributed by atoms with van der Waals surface area (Å²) < 4.78 is 0. The Hall–Kier alpha value is -1.96. The van der Waals surface area contributed by atoms with Crippen molar-refractivity contribution in [1.82, 2.24) is 0 Å². The molecular weight excluding hydrogens is 320 g/mol. The number of hydrogen-bond acceptors (Lipinski definition) is 2. The first kappa shape index (κ1) is 20.4. The van der Waals surface area contributed by atoms with E-state index in [1.165, 1.54) is 22.3 Å². The van der Waals surface area contributed by atoms with E-state index in [0.29, 0.717) is 23.7 Å². The number of rotatable bonds is 7. The van der Waals surface area contributed by atoms with Crippen molar-refractivity contribution in [3.8, 4) is 11.5 Å². The van der Waals surface area contributed by atoms with E-state index in [1.54, 1.807) is 0 Å². The molecule has 0 radical (unpaired) electrons. The van der Waals surface area contributed by atoms with Crippen LogP contribution in [0.3, 0.4) is 0 Å². The first-order valence-corrected chi connectivity index (χ1v) is 9.82. The summed E-state index contributed by atoms with van der Waals surface area (Å²) in [6.07, 6.45) is 0. The lowest BCUT2D eigenvalue weighted by molar-refractivity contribution is -0.102. The maximum Gasteiger partial charge on any atom is 0.182 e. The molecule has 0 spiro atoms. The van der Waals surface area contributed by atoms with E-state index >= 15 is 0 Å². The fourth-order valence-corrected chi connectivity index (χ4v) is 3.00. The summed E-state index contributed by atoms with van der Waals surface area (Å²) in [5, 5.41) is 0. The molecule has 2 aromatic carbocycles. The maximum absolute atomic E-state index is 5.81. The SMILES string of the molecule is CC(C)c1ccc(OOc2ccc(C(C)C)cc2C(C)C)c(C(C)C)c1. The topological polar surface area (TPSA) is 18.5 Å². The predicted molar refractivity (Wildman–Crippen MR) is 110 cm³/mol. The first-order valence-electron chi connectivity index (χ1n) is 9.82. The Labute approximate surface area is 159 Å². The van der Waals surface area contributed by atoms with Gasteiger partial charge in [-0.25, -0.2) is 0 Å². The fourth-order valence-electron chi connectivity index (χ4n) is 3.00. The monoisotopic (exact) mass is 354 g/mol. The lowest BCUT2D eigenvalue weighted by atomic mass is 9.95. The summed E-state index contributed by atoms with van der Waals surface area (Å²) in [5.74, 6) is 3.34. The highest BCUT2D eigenvalue weighted by molar-refractivity contribution is 5.42. The molecule has 26 heavy (non-hydrogen) atoms. The van der Waals surface area contributed by atoms with Gasteiger partial charge in [-0.1, -0.05) is 79.7 Å². The molecule has 0 bridgehead atoms. The maximum atomic E-state index is 5.81. The Morgan fingerprint density at radius 3 is 1.12 bits per heavy atom. The fraction of sp³-hybridized carbons (Fsp3) is 0.500. The Morgan fingerprint density at radius 2 is 0.846 bits per heavy atom. The molecule has 0 amide bonds. The van der Waals surface area contributed by atoms with E-state index in [9.17, 15) is 0 Å². The standard InChI is InChI=1S/C24H34O2/c1-15(2)19-9-11-23(21(13-19)17(5)6)25-26-24-12-10-20(16(3)4)14-22(24)18(7)8/h9-18H,1-8H3. The van der Waals surface area contributed by atoms with E-state index < -0.39 is 0 Å². The van der Waals surface area contributed by atoms with E-state index in [2.05, 4.69) is 79.7 Å². The van der Waals surface area contributed by atoms with Crippen molar-refractivity contribution in [2.75, 3.05) is 0 Å². The van der Waals surface area contributed by atoms with Gasteiger partial charge in [-0.05, 0) is 46.9 Å². The largest absolute Gasteiger partial charge is 0.290 e. The van der Waals surface area contributed by atoms with Crippen molar-refractivity contribution in [3.63, 3.8) is 0 Å². The Morgan fingerprint density at radius 1 is 0.500 bits per heavy atom. The molecule has 0 aliphatic heterocycles. The summed E-state index contributed by atoms with van der Waals surface area (Å²) in [4.78, 5) is 11.6. The van der Waals surface area contributed by atoms with Gasteiger partial charge in [0.1, 0.15) is 0 Å². The van der Waals surface area contributed by atoms with Crippen LogP contribution in [0.15, 0.2) is 36.4 Å². The van der Waals surface area contributed by atoms with Gasteiger partial charge in [-0.15, -0.1) is 0 Å². The average molecular weight is 355 g/mol. The summed E-state index contributed by atoms with van der Waals surface area (Å²) in [6, 6.07) is 12.8. The minimum atomic E-state index is 0.375. The zero-order chi connectivity index (χ0) is 19.4. The third-order valence-electron chi connectivity index (χ3n) is 4.87. The summed E-state index contributed by atoms with van der Waals surface area (Å²) in [5.41, 5.74) is 5.01. The second-order valence-corrected chi connectivity index (χ2v) is 8.38. The summed E-state index contributed by atoms with van der Waals surface area (Å²) >= 11 is 0. The summed E-state index contributed by atoms with van der Waals surface area (Å²) in [7, 11) is 0. The van der Waals surface area contributed by atoms with Gasteiger partial charge in [-0.2, -0.15) is 0 Å². The van der Waals surface area contributed by atoms with Crippen molar-refractivity contribution in [2.24, 2.45) is 0 Å². The molecule has 2 nitrogen and oxygen atoms in total. The van der Waals surface area contributed by atoms with Gasteiger partial charge in [0.2, 0.25) is 0 Å². The highest BCUT2D eigenvalue weighted by Crippen LogP contribution is 2.33. The second kappa shape index (κ2) is 8.62. The molecule has 2 heteroatoms. The Balaban J connectivity index is 2.28. The van der Waals surface area contributed by atoms with Gasteiger partial charge in [0.05, 0.1) is 0 Å². The van der Waals surface area contributed by atoms with Gasteiger partial charge in [0, 0.05) is 11.1 Å². The van der Waals surface area contributed by atoms with Gasteiger partial charge in [0.25, 0.3) is 0 Å². The van der Waals surface area contributed by atoms with Crippen molar-refractivity contribution < 1.29 is 9.78 Å². The van der Waals surface area contributed by atoms with Crippen LogP contribution in [0.5, 0.6) is 11.5 Å². The van der Waals surface area contributed by atoms with Crippen LogP contribution in [0, 0.1) is 0 Å². The zero-order valence-electron chi connectivity index (χ0n) is 17.6. The highest BCUT2D eigenvalue weighted by Gasteiger charge is 2.15. The minimum absolute atomic E-state index is 0.375. The van der Waals surface area contributed by atoms with Gasteiger partial charge < -0.3 is 0 Å². The van der Waals surface area contributed by atoms with E-state index in [1.807, 2.05) is 12.1 Å². The molecule has 0 aliphatic carbocycles. The van der Waals surface area contributed by atoms with Crippen molar-refractivity contribution >= 4 is 0 Å². The summed E-state index contributed by atoms with van der Waals surface area (Å²) in [6.45, 7) is 17.6. The van der Waals surface area contributed by atoms with Crippen LogP contribution in [0.1, 0.15) is 101 Å². The smallest absolute Gasteiger partial charge is 0.182 e. The molecule has 0 aliphatic rings. The lowest BCUT2D eigenvalue weighted by Gasteiger charge is -2.18. The van der Waals surface area contributed by atoms with E-state index in [4.69, 9.17) is 9.78 Å². The van der Waals surface area contributed by atoms with Crippen LogP contribution < -0.4 is 9.78 Å². The number of benzene rings is 2. The molecule has 2 aromatic rings. The molecule has 0 heterocycles. The van der Waals surface area contributed by atoms with Crippen LogP contribution in [0.4, 0.5) is 0 Å². The molecule has 0 unspecified atom stereocenters. The third kappa shape index (κ3) is 4.81. The van der Waals surface area contributed by atoms with E-state index in [0.717, 1.165) is 11.5 Å². The van der Waals surface area contributed by atoms with Crippen LogP contribution in [-0.2, 0) is 0 Å². The highest BCUT2D eigenvalue weighted by atomic mass is 17.2. The average Bonchev–Trinajstić information content (AvgIpc) is 2.59. The van der Waals surface area contributed by atoms with Crippen LogP contribution in [-0.4, -0.2) is 0 Å². The van der Waals surface area contributed by atoms with Gasteiger partial charge >= 0.3 is 0 Å². The van der Waals surface area contributed by atoms with Crippen LogP contribution in [0.2, 0.25) is 0 Å². The molecule has 142 valence electrons. The van der Waals surface area contributed by atoms with Crippen molar-refractivity contribution in [1.29, 1.82) is 0 Å². The molecule has 0 aromatic heterocycles. The quantitative estimate of drug-likeness (QED) is 0.377. The normalized spacial score (nSPS) is 11.7. The van der Waals surface area contributed by atoms with E-state index in [-0.39, 0.29) is 0 Å². The zero-order valence-corrected chi connectivity index (χ0v) is 17.6. The molecule has 0 saturated carbocycles. The molecule has 0 atom stereocenters. The molecular formula is C24H34O2. The Kier molecular flexibility index (Phi) is 6.75. The molecule has 2 rings (SSSR count). The lowest BCUT2D eigenvalue weighted by Crippen LogP contribution is -2.07. The van der Waals surface area contributed by atoms with Gasteiger partial charge in [0.15, 0.2) is 11.5 Å². The number of hydrogen-bond donors (Lipinski definition) is 0. The van der Waals surface area contributed by atoms with Crippen molar-refractivity contribution in [3.05, 3.63) is 58.7 Å². The van der Waals surface area contributed by atoms with Crippen molar-refractivity contribution in [2.45, 2.75) is 79.1 Å². The van der Waals surface area contributed by atoms with Gasteiger partial charge in [-0.3, -0.25) is 9.78 Å². The molecule has 0 fully saturated rings. The Bertz CT molecular complexity index is 663. The predicted octanol–water partition coefficient (Wildman–Crippen LogP) is 7.55. The molecule has 0 saturated heterocycles. The van der Waals surface area contributed by atoms with Crippen LogP contribution >= 0.6 is 0 Å². The third-order valence-corrected chi connectivity index (χ3v) is 4.87. The second-order valence-electron chi connectivity index (χ2n) is 8.38. The van der Waals surface area contributed by atoms with Crippen LogP contribution in [0.25, 0.3) is 0 Å². The first-order chi connectivity index (χ1) is 12.2. The minimum Gasteiger partial charge on any atom is -0.290 e. The molecule has 0 N–H and O–H groups in total.